The Morgan fingerprint density at radius 1 is 1.16 bits per heavy atom. The van der Waals surface area contributed by atoms with Crippen LogP contribution < -0.4 is 0 Å². The lowest BCUT2D eigenvalue weighted by Crippen LogP contribution is -2.22. The fourth-order valence-electron chi connectivity index (χ4n) is 4.14. The van der Waals surface area contributed by atoms with Gasteiger partial charge in [0, 0.05) is 19.4 Å². The Kier molecular flexibility index (Phi) is 13.3. The van der Waals surface area contributed by atoms with Crippen molar-refractivity contribution in [3.63, 3.8) is 0 Å². The molecule has 1 saturated carbocycles. The van der Waals surface area contributed by atoms with Crippen molar-refractivity contribution in [1.29, 1.82) is 0 Å². The predicted octanol–water partition coefficient (Wildman–Crippen LogP) is 5.55. The quantitative estimate of drug-likeness (QED) is 0.161. The first-order chi connectivity index (χ1) is 14.7. The average Bonchev–Trinajstić information content (AvgIpc) is 3.02. The van der Waals surface area contributed by atoms with E-state index in [1.807, 2.05) is 32.9 Å². The number of aliphatic hydroxyl groups excluding tert-OH is 2. The molecule has 5 atom stereocenters. The number of aliphatic hydroxyl groups is 2. The van der Waals surface area contributed by atoms with Gasteiger partial charge in [0.15, 0.2) is 0 Å². The number of carbonyl (C=O) groups excluding carboxylic acids is 1. The molecule has 0 spiro atoms. The Morgan fingerprint density at radius 3 is 2.55 bits per heavy atom. The van der Waals surface area contributed by atoms with Gasteiger partial charge in [0.2, 0.25) is 0 Å². The number of unbranched alkanes of at least 4 members (excludes halogenated alkanes) is 5. The number of hydrogen-bond donors (Lipinski definition) is 2. The molecule has 2 N–H and O–H groups in total. The van der Waals surface area contributed by atoms with E-state index in [2.05, 4.69) is 13.0 Å². The van der Waals surface area contributed by atoms with Crippen molar-refractivity contribution in [1.82, 2.24) is 0 Å². The lowest BCUT2D eigenvalue weighted by atomic mass is 9.87. The first-order valence-electron chi connectivity index (χ1n) is 12.1. The number of rotatable bonds is 14. The summed E-state index contributed by atoms with van der Waals surface area (Å²) in [6.45, 7) is 7.67. The summed E-state index contributed by atoms with van der Waals surface area (Å²) in [5.41, 5.74) is -0.483. The predicted molar refractivity (Wildman–Crippen MR) is 125 cm³/mol. The van der Waals surface area contributed by atoms with E-state index in [4.69, 9.17) is 9.47 Å². The number of ether oxygens (including phenoxy) is 2. The SMILES string of the molecule is CCCCCC(O)/C=C/C1C(OC)CC(O)C1CCCCCC=COC(=O)C(C)(C)C. The molecule has 1 aliphatic carbocycles. The zero-order chi connectivity index (χ0) is 23.3. The van der Waals surface area contributed by atoms with Gasteiger partial charge in [0.05, 0.1) is 30.0 Å². The van der Waals surface area contributed by atoms with Gasteiger partial charge in [-0.3, -0.25) is 4.79 Å². The highest BCUT2D eigenvalue weighted by molar-refractivity contribution is 5.75. The number of methoxy groups -OCH3 is 1. The minimum atomic E-state index is -0.483. The van der Waals surface area contributed by atoms with Crippen LogP contribution in [0.2, 0.25) is 0 Å². The van der Waals surface area contributed by atoms with Gasteiger partial charge in [-0.05, 0) is 58.4 Å². The summed E-state index contributed by atoms with van der Waals surface area (Å²) in [5, 5.41) is 20.8. The summed E-state index contributed by atoms with van der Waals surface area (Å²) in [6, 6.07) is 0. The average molecular weight is 439 g/mol. The van der Waals surface area contributed by atoms with Gasteiger partial charge in [-0.15, -0.1) is 0 Å². The van der Waals surface area contributed by atoms with Crippen LogP contribution in [-0.4, -0.2) is 41.6 Å². The van der Waals surface area contributed by atoms with E-state index < -0.39 is 11.5 Å². The van der Waals surface area contributed by atoms with Gasteiger partial charge < -0.3 is 19.7 Å². The highest BCUT2D eigenvalue weighted by atomic mass is 16.5. The van der Waals surface area contributed by atoms with Gasteiger partial charge in [-0.1, -0.05) is 51.2 Å². The Morgan fingerprint density at radius 2 is 1.90 bits per heavy atom. The minimum absolute atomic E-state index is 0.0135. The Balaban J connectivity index is 2.39. The molecule has 0 amide bonds. The van der Waals surface area contributed by atoms with E-state index >= 15 is 0 Å². The molecular weight excluding hydrogens is 392 g/mol. The van der Waals surface area contributed by atoms with E-state index in [1.54, 1.807) is 7.11 Å². The van der Waals surface area contributed by atoms with Gasteiger partial charge >= 0.3 is 5.97 Å². The maximum atomic E-state index is 11.7. The zero-order valence-corrected chi connectivity index (χ0v) is 20.4. The van der Waals surface area contributed by atoms with Crippen LogP contribution in [0.25, 0.3) is 0 Å². The molecule has 0 radical (unpaired) electrons. The molecule has 5 nitrogen and oxygen atoms in total. The molecule has 31 heavy (non-hydrogen) atoms. The molecule has 1 rings (SSSR count). The normalized spacial score (nSPS) is 25.5. The van der Waals surface area contributed by atoms with Crippen LogP contribution in [0.1, 0.15) is 91.9 Å². The van der Waals surface area contributed by atoms with E-state index in [0.29, 0.717) is 6.42 Å². The maximum Gasteiger partial charge on any atom is 0.316 e. The summed E-state index contributed by atoms with van der Waals surface area (Å²) < 4.78 is 10.8. The third kappa shape index (κ3) is 10.8. The smallest absolute Gasteiger partial charge is 0.316 e. The van der Waals surface area contributed by atoms with Crippen molar-refractivity contribution in [3.05, 3.63) is 24.5 Å². The molecule has 0 heterocycles. The Hall–Kier alpha value is -1.17. The van der Waals surface area contributed by atoms with Gasteiger partial charge in [-0.2, -0.15) is 0 Å². The highest BCUT2D eigenvalue weighted by Crippen LogP contribution is 2.38. The second-order valence-electron chi connectivity index (χ2n) is 9.93. The zero-order valence-electron chi connectivity index (χ0n) is 20.4. The van der Waals surface area contributed by atoms with E-state index in [0.717, 1.165) is 57.8 Å². The molecule has 1 fully saturated rings. The van der Waals surface area contributed by atoms with Crippen LogP contribution in [0, 0.1) is 17.3 Å². The molecule has 0 saturated heterocycles. The second kappa shape index (κ2) is 14.8. The molecule has 1 aliphatic rings. The summed E-state index contributed by atoms with van der Waals surface area (Å²) in [5.74, 6) is 0.103. The van der Waals surface area contributed by atoms with E-state index in [-0.39, 0.29) is 30.0 Å². The third-order valence-corrected chi connectivity index (χ3v) is 6.15. The third-order valence-electron chi connectivity index (χ3n) is 6.15. The fraction of sp³-hybridized carbons (Fsp3) is 0.808. The van der Waals surface area contributed by atoms with E-state index in [1.165, 1.54) is 6.26 Å². The van der Waals surface area contributed by atoms with Crippen LogP contribution in [0.3, 0.4) is 0 Å². The van der Waals surface area contributed by atoms with Crippen LogP contribution in [-0.2, 0) is 14.3 Å². The summed E-state index contributed by atoms with van der Waals surface area (Å²) >= 11 is 0. The summed E-state index contributed by atoms with van der Waals surface area (Å²) in [7, 11) is 1.71. The fourth-order valence-corrected chi connectivity index (χ4v) is 4.14. The molecule has 0 aromatic heterocycles. The van der Waals surface area contributed by atoms with Crippen molar-refractivity contribution in [2.24, 2.45) is 17.3 Å². The van der Waals surface area contributed by atoms with Gasteiger partial charge in [-0.25, -0.2) is 0 Å². The van der Waals surface area contributed by atoms with Gasteiger partial charge in [0.1, 0.15) is 0 Å². The standard InChI is InChI=1S/C26H46O5/c1-6-7-11-14-20(27)16-17-22-21(23(28)19-24(22)30-5)15-12-9-8-10-13-18-31-25(29)26(2,3)4/h13,16-18,20-24,27-28H,6-12,14-15,19H2,1-5H3/b17-16+,18-13?. The molecule has 0 aliphatic heterocycles. The second-order valence-corrected chi connectivity index (χ2v) is 9.93. The van der Waals surface area contributed by atoms with Crippen LogP contribution in [0.4, 0.5) is 0 Å². The first kappa shape index (κ1) is 27.9. The van der Waals surface area contributed by atoms with Crippen LogP contribution >= 0.6 is 0 Å². The molecule has 0 aromatic rings. The van der Waals surface area contributed by atoms with Crippen LogP contribution in [0.5, 0.6) is 0 Å². The number of hydrogen-bond acceptors (Lipinski definition) is 5. The number of allylic oxidation sites excluding steroid dienone is 1. The van der Waals surface area contributed by atoms with Crippen molar-refractivity contribution >= 4 is 5.97 Å². The lowest BCUT2D eigenvalue weighted by molar-refractivity contribution is -0.146. The van der Waals surface area contributed by atoms with Gasteiger partial charge in [0.25, 0.3) is 0 Å². The van der Waals surface area contributed by atoms with E-state index in [9.17, 15) is 15.0 Å². The molecule has 180 valence electrons. The first-order valence-corrected chi connectivity index (χ1v) is 12.1. The number of carbonyl (C=O) groups is 1. The molecular formula is C26H46O5. The topological polar surface area (TPSA) is 76.0 Å². The molecule has 0 aromatic carbocycles. The Labute approximate surface area is 189 Å². The van der Waals surface area contributed by atoms with Crippen LogP contribution in [0.15, 0.2) is 24.5 Å². The van der Waals surface area contributed by atoms with Crippen molar-refractivity contribution < 1.29 is 24.5 Å². The Bertz CT molecular complexity index is 548. The maximum absolute atomic E-state index is 11.7. The molecule has 5 heteroatoms. The molecule has 5 unspecified atom stereocenters. The molecule has 0 bridgehead atoms. The largest absolute Gasteiger partial charge is 0.434 e. The highest BCUT2D eigenvalue weighted by Gasteiger charge is 2.40. The van der Waals surface area contributed by atoms with Crippen molar-refractivity contribution in [2.75, 3.05) is 7.11 Å². The van der Waals surface area contributed by atoms with Crippen molar-refractivity contribution in [3.8, 4) is 0 Å². The monoisotopic (exact) mass is 438 g/mol. The number of esters is 1. The summed E-state index contributed by atoms with van der Waals surface area (Å²) in [4.78, 5) is 11.7. The summed E-state index contributed by atoms with van der Waals surface area (Å²) in [6.07, 6.45) is 16.4. The van der Waals surface area contributed by atoms with Crippen molar-refractivity contribution in [2.45, 2.75) is 110 Å². The lowest BCUT2D eigenvalue weighted by Gasteiger charge is -2.22. The minimum Gasteiger partial charge on any atom is -0.434 e.